The Bertz CT molecular complexity index is 405. The van der Waals surface area contributed by atoms with Crippen LogP contribution in [0, 0.1) is 5.82 Å². The van der Waals surface area contributed by atoms with Gasteiger partial charge in [0.05, 0.1) is 12.3 Å². The summed E-state index contributed by atoms with van der Waals surface area (Å²) < 4.78 is 19.2. The molecule has 0 N–H and O–H groups in total. The standard InChI is InChI=1S/C15H22FNO2/c1-4-13(5-2)17(8-9-19-3)15-7-6-12(11-18)10-14(15)16/h6-7,10-11,13H,4-5,8-9H2,1-3H3. The number of benzene rings is 1. The first-order valence-corrected chi connectivity index (χ1v) is 6.68. The van der Waals surface area contributed by atoms with Gasteiger partial charge in [0, 0.05) is 25.3 Å². The smallest absolute Gasteiger partial charge is 0.150 e. The number of carbonyl (C=O) groups is 1. The molecule has 3 nitrogen and oxygen atoms in total. The third-order valence-electron chi connectivity index (χ3n) is 3.34. The van der Waals surface area contributed by atoms with Crippen LogP contribution in [0.2, 0.25) is 0 Å². The van der Waals surface area contributed by atoms with Crippen molar-refractivity contribution in [1.29, 1.82) is 0 Å². The van der Waals surface area contributed by atoms with E-state index in [9.17, 15) is 9.18 Å². The summed E-state index contributed by atoms with van der Waals surface area (Å²) >= 11 is 0. The highest BCUT2D eigenvalue weighted by Gasteiger charge is 2.18. The molecule has 0 aromatic heterocycles. The van der Waals surface area contributed by atoms with Crippen LogP contribution in [0.1, 0.15) is 37.0 Å². The number of aldehydes is 1. The van der Waals surface area contributed by atoms with Crippen LogP contribution in [0.3, 0.4) is 0 Å². The van der Waals surface area contributed by atoms with E-state index in [4.69, 9.17) is 4.74 Å². The predicted octanol–water partition coefficient (Wildman–Crippen LogP) is 3.28. The molecule has 0 saturated carbocycles. The first kappa shape index (κ1) is 15.6. The van der Waals surface area contributed by atoms with Gasteiger partial charge in [-0.1, -0.05) is 13.8 Å². The normalized spacial score (nSPS) is 10.8. The van der Waals surface area contributed by atoms with Crippen molar-refractivity contribution in [1.82, 2.24) is 0 Å². The number of rotatable bonds is 8. The van der Waals surface area contributed by atoms with E-state index in [0.29, 0.717) is 30.7 Å². The summed E-state index contributed by atoms with van der Waals surface area (Å²) in [6.07, 6.45) is 2.54. The Kier molecular flexibility index (Phi) is 6.50. The van der Waals surface area contributed by atoms with Gasteiger partial charge in [-0.3, -0.25) is 4.79 Å². The average molecular weight is 267 g/mol. The van der Waals surface area contributed by atoms with Gasteiger partial charge >= 0.3 is 0 Å². The lowest BCUT2D eigenvalue weighted by molar-refractivity contribution is 0.112. The van der Waals surface area contributed by atoms with Crippen molar-refractivity contribution in [2.24, 2.45) is 0 Å². The topological polar surface area (TPSA) is 29.5 Å². The van der Waals surface area contributed by atoms with Crippen molar-refractivity contribution in [2.45, 2.75) is 32.7 Å². The van der Waals surface area contributed by atoms with E-state index in [1.807, 2.05) is 4.90 Å². The first-order chi connectivity index (χ1) is 9.17. The van der Waals surface area contributed by atoms with Crippen LogP contribution in [0.25, 0.3) is 0 Å². The molecule has 19 heavy (non-hydrogen) atoms. The number of hydrogen-bond donors (Lipinski definition) is 0. The monoisotopic (exact) mass is 267 g/mol. The molecule has 1 aromatic carbocycles. The number of carbonyl (C=O) groups excluding carboxylic acids is 1. The summed E-state index contributed by atoms with van der Waals surface area (Å²) in [6.45, 7) is 5.36. The Balaban J connectivity index is 3.05. The summed E-state index contributed by atoms with van der Waals surface area (Å²) in [7, 11) is 1.64. The van der Waals surface area contributed by atoms with Gasteiger partial charge in [-0.25, -0.2) is 4.39 Å². The second-order valence-electron chi connectivity index (χ2n) is 4.49. The molecule has 0 heterocycles. The number of nitrogens with zero attached hydrogens (tertiary/aromatic N) is 1. The molecule has 1 aromatic rings. The van der Waals surface area contributed by atoms with Crippen LogP contribution < -0.4 is 4.90 Å². The van der Waals surface area contributed by atoms with Crippen molar-refractivity contribution < 1.29 is 13.9 Å². The second-order valence-corrected chi connectivity index (χ2v) is 4.49. The summed E-state index contributed by atoms with van der Waals surface area (Å²) in [6, 6.07) is 4.87. The van der Waals surface area contributed by atoms with Crippen LogP contribution in [0.4, 0.5) is 10.1 Å². The van der Waals surface area contributed by atoms with E-state index < -0.39 is 0 Å². The van der Waals surface area contributed by atoms with Gasteiger partial charge in [-0.05, 0) is 31.0 Å². The van der Waals surface area contributed by atoms with E-state index in [0.717, 1.165) is 12.8 Å². The third kappa shape index (κ3) is 4.03. The lowest BCUT2D eigenvalue weighted by Crippen LogP contribution is -2.37. The zero-order valence-corrected chi connectivity index (χ0v) is 11.9. The Morgan fingerprint density at radius 3 is 2.53 bits per heavy atom. The van der Waals surface area contributed by atoms with Crippen LogP contribution in [-0.4, -0.2) is 32.6 Å². The zero-order chi connectivity index (χ0) is 14.3. The maximum absolute atomic E-state index is 14.1. The molecule has 0 radical (unpaired) electrons. The number of halogens is 1. The summed E-state index contributed by atoms with van der Waals surface area (Å²) in [5.74, 6) is -0.354. The van der Waals surface area contributed by atoms with E-state index in [1.54, 1.807) is 19.2 Å². The highest BCUT2D eigenvalue weighted by Crippen LogP contribution is 2.24. The maximum Gasteiger partial charge on any atom is 0.150 e. The lowest BCUT2D eigenvalue weighted by Gasteiger charge is -2.32. The van der Waals surface area contributed by atoms with Gasteiger partial charge in [0.1, 0.15) is 12.1 Å². The minimum atomic E-state index is -0.354. The third-order valence-corrected chi connectivity index (χ3v) is 3.34. The van der Waals surface area contributed by atoms with E-state index >= 15 is 0 Å². The molecule has 0 aliphatic rings. The van der Waals surface area contributed by atoms with Crippen molar-refractivity contribution in [3.05, 3.63) is 29.6 Å². The van der Waals surface area contributed by atoms with Crippen LogP contribution in [-0.2, 0) is 4.74 Å². The molecule has 4 heteroatoms. The van der Waals surface area contributed by atoms with Crippen molar-refractivity contribution in [3.63, 3.8) is 0 Å². The lowest BCUT2D eigenvalue weighted by atomic mass is 10.1. The maximum atomic E-state index is 14.1. The minimum absolute atomic E-state index is 0.270. The minimum Gasteiger partial charge on any atom is -0.383 e. The molecule has 0 aliphatic heterocycles. The summed E-state index contributed by atoms with van der Waals surface area (Å²) in [5.41, 5.74) is 0.897. The molecular weight excluding hydrogens is 245 g/mol. The molecule has 0 atom stereocenters. The summed E-state index contributed by atoms with van der Waals surface area (Å²) in [4.78, 5) is 12.7. The van der Waals surface area contributed by atoms with E-state index in [1.165, 1.54) is 6.07 Å². The van der Waals surface area contributed by atoms with Gasteiger partial charge in [0.15, 0.2) is 0 Å². The Hall–Kier alpha value is -1.42. The molecule has 106 valence electrons. The Morgan fingerprint density at radius 1 is 1.37 bits per heavy atom. The fraction of sp³-hybridized carbons (Fsp3) is 0.533. The quantitative estimate of drug-likeness (QED) is 0.677. The van der Waals surface area contributed by atoms with Crippen molar-refractivity contribution in [3.8, 4) is 0 Å². The first-order valence-electron chi connectivity index (χ1n) is 6.68. The number of methoxy groups -OCH3 is 1. The molecule has 0 fully saturated rings. The number of ether oxygens (including phenoxy) is 1. The molecule has 0 amide bonds. The summed E-state index contributed by atoms with van der Waals surface area (Å²) in [5, 5.41) is 0. The molecule has 0 bridgehead atoms. The molecule has 0 saturated heterocycles. The highest BCUT2D eigenvalue weighted by atomic mass is 19.1. The predicted molar refractivity (Wildman–Crippen MR) is 75.4 cm³/mol. The molecule has 0 unspecified atom stereocenters. The fourth-order valence-corrected chi connectivity index (χ4v) is 2.25. The van der Waals surface area contributed by atoms with Gasteiger partial charge in [0.2, 0.25) is 0 Å². The second kappa shape index (κ2) is 7.89. The molecule has 0 spiro atoms. The Morgan fingerprint density at radius 2 is 2.05 bits per heavy atom. The highest BCUT2D eigenvalue weighted by molar-refractivity contribution is 5.76. The Labute approximate surface area is 114 Å². The van der Waals surface area contributed by atoms with Crippen LogP contribution >= 0.6 is 0 Å². The van der Waals surface area contributed by atoms with Gasteiger partial charge < -0.3 is 9.64 Å². The SMILES string of the molecule is CCC(CC)N(CCOC)c1ccc(C=O)cc1F. The van der Waals surface area contributed by atoms with Crippen LogP contribution in [0.5, 0.6) is 0 Å². The van der Waals surface area contributed by atoms with Gasteiger partial charge in [-0.15, -0.1) is 0 Å². The van der Waals surface area contributed by atoms with Crippen LogP contribution in [0.15, 0.2) is 18.2 Å². The van der Waals surface area contributed by atoms with Gasteiger partial charge in [-0.2, -0.15) is 0 Å². The largest absolute Gasteiger partial charge is 0.383 e. The van der Waals surface area contributed by atoms with E-state index in [-0.39, 0.29) is 11.9 Å². The average Bonchev–Trinajstić information content (AvgIpc) is 2.44. The zero-order valence-electron chi connectivity index (χ0n) is 11.9. The van der Waals surface area contributed by atoms with Crippen molar-refractivity contribution in [2.75, 3.05) is 25.2 Å². The molecule has 1 rings (SSSR count). The van der Waals surface area contributed by atoms with E-state index in [2.05, 4.69) is 13.8 Å². The van der Waals surface area contributed by atoms with Gasteiger partial charge in [0.25, 0.3) is 0 Å². The number of hydrogen-bond acceptors (Lipinski definition) is 3. The fourth-order valence-electron chi connectivity index (χ4n) is 2.25. The van der Waals surface area contributed by atoms with Crippen molar-refractivity contribution >= 4 is 12.0 Å². The molecule has 0 aliphatic carbocycles. The molecular formula is C15H22FNO2. The number of anilines is 1.